The standard InChI is InChI=1S/C45H48Cl2FN7O6/c1-44(2)42(45(3,4)43(44)61-28-7-5-26(23-49)32(46)20-28)51-38(57)29-8-6-27(19-33(29)47)53-13-11-25(12-14-53)24-52-15-17-54(18-16-52)36-22-31-30(21-34(36)48)40(59)55(41(31)60)35-9-10-37(56)50-39(35)58/h5-8,19-22,25,35,42-43H,9-18,24H2,1-4H3,(H,51,57)(H,50,56,58). The maximum absolute atomic E-state index is 15.5. The van der Waals surface area contributed by atoms with Crippen molar-refractivity contribution in [1.82, 2.24) is 20.4 Å². The van der Waals surface area contributed by atoms with Gasteiger partial charge in [0.1, 0.15) is 29.8 Å². The molecule has 1 unspecified atom stereocenters. The topological polar surface area (TPSA) is 155 Å². The minimum absolute atomic E-state index is 0.0100. The van der Waals surface area contributed by atoms with Crippen molar-refractivity contribution in [2.45, 2.75) is 71.6 Å². The summed E-state index contributed by atoms with van der Waals surface area (Å²) in [4.78, 5) is 71.6. The molecule has 13 nitrogen and oxygen atoms in total. The third kappa shape index (κ3) is 7.81. The van der Waals surface area contributed by atoms with Crippen LogP contribution in [0.3, 0.4) is 0 Å². The summed E-state index contributed by atoms with van der Waals surface area (Å²) in [5.74, 6) is -2.36. The summed E-state index contributed by atoms with van der Waals surface area (Å²) in [5.41, 5.74) is 1.15. The van der Waals surface area contributed by atoms with Gasteiger partial charge >= 0.3 is 0 Å². The van der Waals surface area contributed by atoms with Crippen LogP contribution in [0.4, 0.5) is 15.8 Å². The first-order valence-corrected chi connectivity index (χ1v) is 21.5. The molecule has 1 aliphatic carbocycles. The second kappa shape index (κ2) is 16.2. The molecular weight excluding hydrogens is 824 g/mol. The molecule has 0 aromatic heterocycles. The maximum atomic E-state index is 15.5. The molecule has 320 valence electrons. The van der Waals surface area contributed by atoms with E-state index in [4.69, 9.17) is 27.9 Å². The van der Waals surface area contributed by atoms with Gasteiger partial charge in [0, 0.05) is 80.9 Å². The molecule has 1 saturated carbocycles. The highest BCUT2D eigenvalue weighted by Gasteiger charge is 2.64. The Hall–Kier alpha value is -5.23. The van der Waals surface area contributed by atoms with Gasteiger partial charge in [0.25, 0.3) is 17.7 Å². The fourth-order valence-electron chi connectivity index (χ4n) is 10.3. The lowest BCUT2D eigenvalue weighted by molar-refractivity contribution is -0.164. The van der Waals surface area contributed by atoms with Gasteiger partial charge in [-0.15, -0.1) is 0 Å². The van der Waals surface area contributed by atoms with Gasteiger partial charge in [-0.3, -0.25) is 39.1 Å². The molecule has 1 atom stereocenters. The van der Waals surface area contributed by atoms with Gasteiger partial charge in [-0.05, 0) is 67.6 Å². The van der Waals surface area contributed by atoms with Crippen molar-refractivity contribution in [1.29, 1.82) is 5.26 Å². The molecule has 0 spiro atoms. The number of piperazine rings is 1. The third-order valence-electron chi connectivity index (χ3n) is 13.3. The Morgan fingerprint density at radius 2 is 1.54 bits per heavy atom. The number of halogens is 3. The van der Waals surface area contributed by atoms with Crippen molar-refractivity contribution in [2.75, 3.05) is 55.6 Å². The number of anilines is 2. The van der Waals surface area contributed by atoms with E-state index in [1.165, 1.54) is 6.07 Å². The molecule has 8 rings (SSSR count). The fourth-order valence-corrected chi connectivity index (χ4v) is 10.8. The lowest BCUT2D eigenvalue weighted by atomic mass is 9.49. The van der Waals surface area contributed by atoms with Crippen molar-refractivity contribution >= 4 is 64.1 Å². The van der Waals surface area contributed by atoms with Gasteiger partial charge in [0.15, 0.2) is 0 Å². The van der Waals surface area contributed by atoms with Crippen molar-refractivity contribution in [3.63, 3.8) is 0 Å². The Morgan fingerprint density at radius 3 is 2.16 bits per heavy atom. The van der Waals surface area contributed by atoms with E-state index in [-0.39, 0.29) is 47.7 Å². The maximum Gasteiger partial charge on any atom is 0.262 e. The molecule has 4 aliphatic heterocycles. The number of hydrogen-bond donors (Lipinski definition) is 2. The molecule has 3 aromatic carbocycles. The first-order valence-electron chi connectivity index (χ1n) is 20.7. The van der Waals surface area contributed by atoms with Gasteiger partial charge in [0.05, 0.1) is 38.0 Å². The summed E-state index contributed by atoms with van der Waals surface area (Å²) in [6.45, 7) is 13.3. The summed E-state index contributed by atoms with van der Waals surface area (Å²) >= 11 is 13.0. The van der Waals surface area contributed by atoms with Crippen LogP contribution in [-0.2, 0) is 9.59 Å². The summed E-state index contributed by atoms with van der Waals surface area (Å²) in [6, 6.07) is 13.9. The lowest BCUT2D eigenvalue weighted by Gasteiger charge is -2.63. The average Bonchev–Trinajstić information content (AvgIpc) is 3.46. The van der Waals surface area contributed by atoms with E-state index in [9.17, 15) is 29.2 Å². The number of nitrogens with one attached hydrogen (secondary N) is 2. The molecule has 61 heavy (non-hydrogen) atoms. The predicted molar refractivity (Wildman–Crippen MR) is 228 cm³/mol. The van der Waals surface area contributed by atoms with E-state index in [2.05, 4.69) is 54.2 Å². The van der Waals surface area contributed by atoms with Gasteiger partial charge in [0.2, 0.25) is 11.8 Å². The van der Waals surface area contributed by atoms with Crippen LogP contribution in [0.15, 0.2) is 48.5 Å². The second-order valence-corrected chi connectivity index (χ2v) is 18.8. The van der Waals surface area contributed by atoms with Crippen molar-refractivity contribution in [3.05, 3.63) is 86.6 Å². The first kappa shape index (κ1) is 42.5. The molecule has 0 radical (unpaired) electrons. The molecular formula is C45H48Cl2FN7O6. The van der Waals surface area contributed by atoms with Crippen LogP contribution in [0.5, 0.6) is 5.75 Å². The van der Waals surface area contributed by atoms with Crippen molar-refractivity contribution in [3.8, 4) is 11.8 Å². The largest absolute Gasteiger partial charge is 0.489 e. The van der Waals surface area contributed by atoms with Gasteiger partial charge in [-0.2, -0.15) is 5.26 Å². The number of ether oxygens (including phenoxy) is 1. The zero-order valence-electron chi connectivity index (χ0n) is 34.5. The highest BCUT2D eigenvalue weighted by molar-refractivity contribution is 6.34. The second-order valence-electron chi connectivity index (χ2n) is 18.0. The van der Waals surface area contributed by atoms with Gasteiger partial charge in [-0.25, -0.2) is 4.39 Å². The van der Waals surface area contributed by atoms with Crippen LogP contribution in [0, 0.1) is 33.9 Å². The number of amides is 5. The van der Waals surface area contributed by atoms with Gasteiger partial charge in [-0.1, -0.05) is 50.9 Å². The summed E-state index contributed by atoms with van der Waals surface area (Å²) in [5, 5.41) is 15.3. The predicted octanol–water partition coefficient (Wildman–Crippen LogP) is 6.06. The minimum Gasteiger partial charge on any atom is -0.489 e. The molecule has 5 aliphatic rings. The van der Waals surface area contributed by atoms with Crippen LogP contribution in [0.1, 0.15) is 90.0 Å². The number of benzene rings is 3. The number of carbonyl (C=O) groups is 5. The molecule has 4 fully saturated rings. The lowest BCUT2D eigenvalue weighted by Crippen LogP contribution is -2.74. The zero-order chi connectivity index (χ0) is 43.5. The van der Waals surface area contributed by atoms with E-state index >= 15 is 4.39 Å². The zero-order valence-corrected chi connectivity index (χ0v) is 36.0. The summed E-state index contributed by atoms with van der Waals surface area (Å²) in [6.07, 6.45) is 1.76. The number of fused-ring (bicyclic) bond motifs is 1. The SMILES string of the molecule is CC1(C)C(NC(=O)c2ccc(N3CCC(CN4CCN(c5cc6c(cc5F)C(=O)N(C5CCC(=O)NC5=O)C6=O)CC4)CC3)cc2Cl)C(C)(C)C1Oc1ccc(C#N)c(Cl)c1. The highest BCUT2D eigenvalue weighted by Crippen LogP contribution is 2.55. The van der Waals surface area contributed by atoms with Crippen LogP contribution in [0.25, 0.3) is 0 Å². The normalized spacial score (nSPS) is 23.9. The molecule has 2 N–H and O–H groups in total. The Bertz CT molecular complexity index is 2350. The molecule has 4 heterocycles. The number of nitriles is 1. The molecule has 0 bridgehead atoms. The smallest absolute Gasteiger partial charge is 0.262 e. The van der Waals surface area contributed by atoms with E-state index in [0.717, 1.165) is 49.1 Å². The number of piperidine rings is 2. The van der Waals surface area contributed by atoms with Gasteiger partial charge < -0.3 is 19.9 Å². The number of imide groups is 2. The monoisotopic (exact) mass is 871 g/mol. The van der Waals surface area contributed by atoms with E-state index in [0.29, 0.717) is 59.0 Å². The molecule has 3 saturated heterocycles. The summed E-state index contributed by atoms with van der Waals surface area (Å²) < 4.78 is 21.8. The number of carbonyl (C=O) groups excluding carboxylic acids is 5. The van der Waals surface area contributed by atoms with Crippen molar-refractivity contribution in [2.24, 2.45) is 16.7 Å². The Labute approximate surface area is 364 Å². The Morgan fingerprint density at radius 1 is 0.869 bits per heavy atom. The first-order chi connectivity index (χ1) is 29.0. The number of rotatable bonds is 9. The van der Waals surface area contributed by atoms with E-state index in [1.807, 2.05) is 17.0 Å². The van der Waals surface area contributed by atoms with Crippen LogP contribution in [0.2, 0.25) is 10.0 Å². The van der Waals surface area contributed by atoms with Crippen molar-refractivity contribution < 1.29 is 33.1 Å². The average molecular weight is 873 g/mol. The van der Waals surface area contributed by atoms with E-state index in [1.54, 1.807) is 24.3 Å². The Kier molecular flexibility index (Phi) is 11.3. The quantitative estimate of drug-likeness (QED) is 0.243. The highest BCUT2D eigenvalue weighted by atomic mass is 35.5. The Balaban J connectivity index is 0.814. The third-order valence-corrected chi connectivity index (χ3v) is 14.0. The molecule has 16 heteroatoms. The number of nitrogens with zero attached hydrogens (tertiary/aromatic N) is 5. The van der Waals surface area contributed by atoms with Crippen LogP contribution in [-0.4, -0.2) is 103 Å². The fraction of sp³-hybridized carbons (Fsp3) is 0.467. The molecule has 5 amide bonds. The van der Waals surface area contributed by atoms with Crippen LogP contribution >= 0.6 is 23.2 Å². The summed E-state index contributed by atoms with van der Waals surface area (Å²) in [7, 11) is 0. The van der Waals surface area contributed by atoms with Crippen LogP contribution < -0.4 is 25.2 Å². The van der Waals surface area contributed by atoms with E-state index < -0.39 is 46.3 Å². The number of hydrogen-bond acceptors (Lipinski definition) is 10. The minimum atomic E-state index is -1.11. The molecule has 3 aromatic rings.